The van der Waals surface area contributed by atoms with Crippen LogP contribution in [-0.4, -0.2) is 12.5 Å². The van der Waals surface area contributed by atoms with Crippen molar-refractivity contribution in [3.8, 4) is 0 Å². The van der Waals surface area contributed by atoms with E-state index in [4.69, 9.17) is 5.73 Å². The number of nitrogen functional groups attached to an aromatic ring is 1. The monoisotopic (exact) mass is 372 g/mol. The number of benzene rings is 2. The highest BCUT2D eigenvalue weighted by Crippen LogP contribution is 2.44. The average molecular weight is 373 g/mol. The fraction of sp³-hybridized carbons (Fsp3) is 0.316. The molecule has 0 atom stereocenters. The molecule has 4 heteroatoms. The number of carbonyl (C=O) groups excluding carboxylic acids is 1. The fourth-order valence-electron chi connectivity index (χ4n) is 3.12. The number of nitrogens with two attached hydrogens (primary N) is 1. The third kappa shape index (κ3) is 3.42. The molecule has 1 amide bonds. The van der Waals surface area contributed by atoms with E-state index in [0.717, 1.165) is 41.4 Å². The van der Waals surface area contributed by atoms with Crippen LogP contribution >= 0.6 is 15.9 Å². The van der Waals surface area contributed by atoms with Gasteiger partial charge >= 0.3 is 0 Å². The molecule has 0 saturated heterocycles. The molecular formula is C19H21BrN2O. The van der Waals surface area contributed by atoms with Gasteiger partial charge in [0.15, 0.2) is 0 Å². The summed E-state index contributed by atoms with van der Waals surface area (Å²) < 4.78 is 1.04. The van der Waals surface area contributed by atoms with Crippen LogP contribution in [0, 0.1) is 0 Å². The zero-order valence-corrected chi connectivity index (χ0v) is 14.6. The highest BCUT2D eigenvalue weighted by atomic mass is 79.9. The molecule has 0 aromatic heterocycles. The Bertz CT molecular complexity index is 676. The van der Waals surface area contributed by atoms with Gasteiger partial charge in [-0.2, -0.15) is 0 Å². The first-order valence-corrected chi connectivity index (χ1v) is 8.78. The number of rotatable bonds is 5. The maximum atomic E-state index is 12.7. The molecule has 1 aliphatic carbocycles. The summed E-state index contributed by atoms with van der Waals surface area (Å²) in [6, 6.07) is 15.9. The van der Waals surface area contributed by atoms with Gasteiger partial charge in [0.25, 0.3) is 0 Å². The van der Waals surface area contributed by atoms with Gasteiger partial charge in [-0.15, -0.1) is 0 Å². The molecule has 3 nitrogen and oxygen atoms in total. The molecule has 0 radical (unpaired) electrons. The second kappa shape index (κ2) is 6.75. The first-order valence-electron chi connectivity index (χ1n) is 7.99. The number of amides is 1. The topological polar surface area (TPSA) is 55.1 Å². The Balaban J connectivity index is 1.62. The Morgan fingerprint density at radius 3 is 2.30 bits per heavy atom. The molecule has 0 heterocycles. The van der Waals surface area contributed by atoms with Crippen molar-refractivity contribution < 1.29 is 4.79 Å². The van der Waals surface area contributed by atoms with Crippen LogP contribution in [0.15, 0.2) is 53.0 Å². The van der Waals surface area contributed by atoms with E-state index in [9.17, 15) is 4.79 Å². The summed E-state index contributed by atoms with van der Waals surface area (Å²) in [7, 11) is 0. The Morgan fingerprint density at radius 1 is 1.09 bits per heavy atom. The molecule has 0 unspecified atom stereocenters. The van der Waals surface area contributed by atoms with E-state index in [2.05, 4.69) is 33.4 Å². The molecule has 1 fully saturated rings. The van der Waals surface area contributed by atoms with Gasteiger partial charge < -0.3 is 11.1 Å². The van der Waals surface area contributed by atoms with Crippen LogP contribution in [0.5, 0.6) is 0 Å². The van der Waals surface area contributed by atoms with Crippen molar-refractivity contribution in [3.63, 3.8) is 0 Å². The number of anilines is 1. The van der Waals surface area contributed by atoms with Crippen LogP contribution in [0.4, 0.5) is 5.69 Å². The van der Waals surface area contributed by atoms with Gasteiger partial charge in [-0.3, -0.25) is 4.79 Å². The van der Waals surface area contributed by atoms with Gasteiger partial charge in [0.1, 0.15) is 0 Å². The molecule has 0 spiro atoms. The Hall–Kier alpha value is -1.81. The van der Waals surface area contributed by atoms with Crippen LogP contribution in [-0.2, 0) is 16.6 Å². The third-order valence-electron chi connectivity index (χ3n) is 4.72. The van der Waals surface area contributed by atoms with E-state index in [0.29, 0.717) is 6.54 Å². The summed E-state index contributed by atoms with van der Waals surface area (Å²) in [5, 5.41) is 3.12. The van der Waals surface area contributed by atoms with E-state index >= 15 is 0 Å². The number of nitrogens with one attached hydrogen (secondary N) is 1. The van der Waals surface area contributed by atoms with E-state index in [-0.39, 0.29) is 11.3 Å². The largest absolute Gasteiger partial charge is 0.399 e. The van der Waals surface area contributed by atoms with Crippen LogP contribution in [0.3, 0.4) is 0 Å². The minimum atomic E-state index is -0.332. The summed E-state index contributed by atoms with van der Waals surface area (Å²) in [4.78, 5) is 12.7. The van der Waals surface area contributed by atoms with Crippen molar-refractivity contribution in [2.75, 3.05) is 12.3 Å². The summed E-state index contributed by atoms with van der Waals surface area (Å²) in [6.45, 7) is 0.654. The molecule has 2 aromatic rings. The lowest BCUT2D eigenvalue weighted by Crippen LogP contribution is -2.49. The second-order valence-electron chi connectivity index (χ2n) is 6.19. The minimum Gasteiger partial charge on any atom is -0.399 e. The molecule has 23 heavy (non-hydrogen) atoms. The molecule has 1 saturated carbocycles. The Labute approximate surface area is 145 Å². The quantitative estimate of drug-likeness (QED) is 0.783. The summed E-state index contributed by atoms with van der Waals surface area (Å²) >= 11 is 3.45. The standard InChI is InChI=1S/C19H21BrN2O/c20-16-6-4-15(5-7-16)19(11-1-12-19)18(23)22-13-10-14-2-8-17(21)9-3-14/h2-9H,1,10-13,21H2,(H,22,23). The van der Waals surface area contributed by atoms with E-state index in [1.807, 2.05) is 36.4 Å². The van der Waals surface area contributed by atoms with Crippen LogP contribution in [0.1, 0.15) is 30.4 Å². The van der Waals surface area contributed by atoms with Gasteiger partial charge in [0.05, 0.1) is 5.41 Å². The van der Waals surface area contributed by atoms with Gasteiger partial charge in [-0.1, -0.05) is 46.6 Å². The highest BCUT2D eigenvalue weighted by Gasteiger charge is 2.45. The predicted molar refractivity (Wildman–Crippen MR) is 97.2 cm³/mol. The highest BCUT2D eigenvalue weighted by molar-refractivity contribution is 9.10. The number of halogens is 1. The maximum Gasteiger partial charge on any atom is 0.230 e. The Kier molecular flexibility index (Phi) is 4.71. The van der Waals surface area contributed by atoms with Crippen molar-refractivity contribution in [2.24, 2.45) is 0 Å². The van der Waals surface area contributed by atoms with Crippen LogP contribution in [0.2, 0.25) is 0 Å². The number of hydrogen-bond acceptors (Lipinski definition) is 2. The molecule has 1 aliphatic rings. The average Bonchev–Trinajstić information content (AvgIpc) is 2.50. The molecule has 0 aliphatic heterocycles. The third-order valence-corrected chi connectivity index (χ3v) is 5.25. The van der Waals surface area contributed by atoms with E-state index in [1.54, 1.807) is 0 Å². The number of hydrogen-bond donors (Lipinski definition) is 2. The molecule has 3 N–H and O–H groups in total. The van der Waals surface area contributed by atoms with Crippen molar-refractivity contribution in [1.29, 1.82) is 0 Å². The van der Waals surface area contributed by atoms with Gasteiger partial charge in [0.2, 0.25) is 5.91 Å². The summed E-state index contributed by atoms with van der Waals surface area (Å²) in [5.74, 6) is 0.154. The zero-order valence-electron chi connectivity index (χ0n) is 13.0. The van der Waals surface area contributed by atoms with E-state index < -0.39 is 0 Å². The molecule has 3 rings (SSSR count). The smallest absolute Gasteiger partial charge is 0.230 e. The summed E-state index contributed by atoms with van der Waals surface area (Å²) in [6.07, 6.45) is 3.80. The Morgan fingerprint density at radius 2 is 1.74 bits per heavy atom. The van der Waals surface area contributed by atoms with Crippen LogP contribution in [0.25, 0.3) is 0 Å². The summed E-state index contributed by atoms with van der Waals surface area (Å²) in [5.41, 5.74) is 8.43. The second-order valence-corrected chi connectivity index (χ2v) is 7.11. The minimum absolute atomic E-state index is 0.154. The van der Waals surface area contributed by atoms with Crippen LogP contribution < -0.4 is 11.1 Å². The predicted octanol–water partition coefficient (Wildman–Crippen LogP) is 3.81. The van der Waals surface area contributed by atoms with E-state index in [1.165, 1.54) is 5.56 Å². The van der Waals surface area contributed by atoms with Crippen molar-refractivity contribution in [1.82, 2.24) is 5.32 Å². The van der Waals surface area contributed by atoms with Gasteiger partial charge in [0, 0.05) is 16.7 Å². The lowest BCUT2D eigenvalue weighted by atomic mass is 9.64. The van der Waals surface area contributed by atoms with Crippen molar-refractivity contribution in [3.05, 3.63) is 64.1 Å². The zero-order chi connectivity index (χ0) is 16.3. The fourth-order valence-corrected chi connectivity index (χ4v) is 3.38. The van der Waals surface area contributed by atoms with Crippen molar-refractivity contribution >= 4 is 27.5 Å². The lowest BCUT2D eigenvalue weighted by Gasteiger charge is -2.40. The first-order chi connectivity index (χ1) is 11.1. The molecular weight excluding hydrogens is 352 g/mol. The molecule has 120 valence electrons. The first kappa shape index (κ1) is 16.1. The number of carbonyl (C=O) groups is 1. The SMILES string of the molecule is Nc1ccc(CCNC(=O)C2(c3ccc(Br)cc3)CCC2)cc1. The molecule has 2 aromatic carbocycles. The maximum absolute atomic E-state index is 12.7. The van der Waals surface area contributed by atoms with Crippen molar-refractivity contribution in [2.45, 2.75) is 31.1 Å². The van der Waals surface area contributed by atoms with Gasteiger partial charge in [-0.05, 0) is 54.7 Å². The van der Waals surface area contributed by atoms with Gasteiger partial charge in [-0.25, -0.2) is 0 Å². The normalized spacial score (nSPS) is 15.7. The lowest BCUT2D eigenvalue weighted by molar-refractivity contribution is -0.129. The molecule has 0 bridgehead atoms.